The topological polar surface area (TPSA) is 30.7 Å². The van der Waals surface area contributed by atoms with Gasteiger partial charge in [0.2, 0.25) is 0 Å². The Hall–Kier alpha value is -7.10. The highest BCUT2D eigenvalue weighted by atomic mass is 15.1. The first-order valence-electron chi connectivity index (χ1n) is 18.1. The molecule has 11 rings (SSSR count). The van der Waals surface area contributed by atoms with Gasteiger partial charge in [0.05, 0.1) is 16.6 Å². The van der Waals surface area contributed by atoms with Crippen LogP contribution in [0.5, 0.6) is 0 Å². The van der Waals surface area contributed by atoms with Crippen molar-refractivity contribution in [2.45, 2.75) is 0 Å². The summed E-state index contributed by atoms with van der Waals surface area (Å²) >= 11 is 0. The van der Waals surface area contributed by atoms with Crippen LogP contribution in [0, 0.1) is 0 Å². The van der Waals surface area contributed by atoms with Gasteiger partial charge in [-0.3, -0.25) is 4.57 Å². The van der Waals surface area contributed by atoms with Crippen molar-refractivity contribution < 1.29 is 0 Å². The zero-order valence-corrected chi connectivity index (χ0v) is 28.7. The molecule has 2 aromatic heterocycles. The quantitative estimate of drug-likeness (QED) is 0.186. The molecule has 0 aliphatic heterocycles. The van der Waals surface area contributed by atoms with Crippen molar-refractivity contribution in [2.24, 2.45) is 0 Å². The average molecular weight is 674 g/mol. The molecule has 0 amide bonds. The molecule has 0 bridgehead atoms. The van der Waals surface area contributed by atoms with Gasteiger partial charge >= 0.3 is 0 Å². The number of hydrogen-bond donors (Lipinski definition) is 0. The van der Waals surface area contributed by atoms with Crippen LogP contribution in [0.25, 0.3) is 104 Å². The van der Waals surface area contributed by atoms with Crippen LogP contribution < -0.4 is 0 Å². The lowest BCUT2D eigenvalue weighted by Gasteiger charge is -2.13. The Morgan fingerprint density at radius 3 is 1.36 bits per heavy atom. The smallest absolute Gasteiger partial charge is 0.165 e. The summed E-state index contributed by atoms with van der Waals surface area (Å²) in [5.41, 5.74) is 12.7. The van der Waals surface area contributed by atoms with Crippen LogP contribution in [0.2, 0.25) is 0 Å². The lowest BCUT2D eigenvalue weighted by atomic mass is 9.91. The summed E-state index contributed by atoms with van der Waals surface area (Å²) in [5.74, 6) is 0. The fourth-order valence-corrected chi connectivity index (χ4v) is 7.98. The van der Waals surface area contributed by atoms with Gasteiger partial charge in [-0.1, -0.05) is 121 Å². The Kier molecular flexibility index (Phi) is 6.55. The first-order chi connectivity index (χ1) is 26.2. The van der Waals surface area contributed by atoms with Gasteiger partial charge in [-0.05, 0) is 132 Å². The van der Waals surface area contributed by atoms with E-state index in [1.807, 2.05) is 24.3 Å². The van der Waals surface area contributed by atoms with E-state index in [9.17, 15) is 0 Å². The van der Waals surface area contributed by atoms with Crippen molar-refractivity contribution in [1.29, 1.82) is 0 Å². The van der Waals surface area contributed by atoms with Gasteiger partial charge in [0.15, 0.2) is 5.65 Å². The molecule has 0 N–H and O–H groups in total. The summed E-state index contributed by atoms with van der Waals surface area (Å²) < 4.78 is 2.29. The SMILES string of the molecule is c1ccc2cc(-c3cc(-c4ccc5ccccc5c4)cc(-c4ccc5c6nc7ccccc7nc6n(-c6ccc7ccccc7c6)c5c4)c3)ccc2c1. The van der Waals surface area contributed by atoms with Gasteiger partial charge in [-0.2, -0.15) is 0 Å². The van der Waals surface area contributed by atoms with E-state index in [1.165, 1.54) is 54.6 Å². The van der Waals surface area contributed by atoms with E-state index in [0.29, 0.717) is 0 Å². The Labute approximate surface area is 306 Å². The molecule has 0 saturated carbocycles. The molecule has 246 valence electrons. The molecule has 3 nitrogen and oxygen atoms in total. The molecule has 0 fully saturated rings. The molecule has 0 aliphatic carbocycles. The van der Waals surface area contributed by atoms with Gasteiger partial charge in [-0.25, -0.2) is 9.97 Å². The predicted octanol–water partition coefficient (Wildman–Crippen LogP) is 13.2. The van der Waals surface area contributed by atoms with Crippen LogP contribution in [-0.2, 0) is 0 Å². The number of aromatic nitrogens is 3. The van der Waals surface area contributed by atoms with Crippen molar-refractivity contribution in [3.05, 3.63) is 188 Å². The summed E-state index contributed by atoms with van der Waals surface area (Å²) in [4.78, 5) is 10.4. The van der Waals surface area contributed by atoms with Crippen molar-refractivity contribution in [3.63, 3.8) is 0 Å². The Bertz CT molecular complexity index is 3150. The first-order valence-corrected chi connectivity index (χ1v) is 18.1. The van der Waals surface area contributed by atoms with E-state index in [4.69, 9.17) is 9.97 Å². The monoisotopic (exact) mass is 673 g/mol. The average Bonchev–Trinajstić information content (AvgIpc) is 3.54. The molecule has 0 unspecified atom stereocenters. The maximum atomic E-state index is 5.23. The lowest BCUT2D eigenvalue weighted by Crippen LogP contribution is -1.97. The lowest BCUT2D eigenvalue weighted by molar-refractivity contribution is 1.14. The van der Waals surface area contributed by atoms with Gasteiger partial charge in [0.25, 0.3) is 0 Å². The summed E-state index contributed by atoms with van der Waals surface area (Å²) in [6, 6.07) is 67.8. The van der Waals surface area contributed by atoms with Crippen LogP contribution in [0.1, 0.15) is 0 Å². The third-order valence-electron chi connectivity index (χ3n) is 10.7. The molecule has 0 saturated heterocycles. The molecular formula is C50H31N3. The van der Waals surface area contributed by atoms with Crippen LogP contribution in [0.3, 0.4) is 0 Å². The zero-order chi connectivity index (χ0) is 34.9. The number of hydrogen-bond acceptors (Lipinski definition) is 2. The van der Waals surface area contributed by atoms with Gasteiger partial charge in [-0.15, -0.1) is 0 Å². The van der Waals surface area contributed by atoms with Gasteiger partial charge < -0.3 is 0 Å². The van der Waals surface area contributed by atoms with Gasteiger partial charge in [0.1, 0.15) is 5.52 Å². The van der Waals surface area contributed by atoms with Crippen LogP contribution >= 0.6 is 0 Å². The highest BCUT2D eigenvalue weighted by Crippen LogP contribution is 2.39. The molecule has 0 spiro atoms. The minimum Gasteiger partial charge on any atom is -0.292 e. The summed E-state index contributed by atoms with van der Waals surface area (Å²) in [5, 5.41) is 8.42. The fourth-order valence-electron chi connectivity index (χ4n) is 7.98. The third-order valence-corrected chi connectivity index (χ3v) is 10.7. The van der Waals surface area contributed by atoms with Crippen LogP contribution in [0.15, 0.2) is 188 Å². The molecule has 0 atom stereocenters. The molecule has 0 aliphatic rings. The van der Waals surface area contributed by atoms with E-state index in [-0.39, 0.29) is 0 Å². The standard InChI is InChI=1S/C50H31N3/c1-4-12-35-25-38(19-17-32(35)9-1)41-27-42(39-20-18-33-10-2-5-13-36(33)26-39)29-43(28-41)40-22-24-45-48(31-40)53(44-23-21-34-11-3-6-14-37(34)30-44)50-49(45)51-46-15-7-8-16-47(46)52-50/h1-31H. The Balaban J connectivity index is 1.17. The second-order valence-corrected chi connectivity index (χ2v) is 13.9. The van der Waals surface area contributed by atoms with E-state index in [1.54, 1.807) is 0 Å². The minimum atomic E-state index is 0.855. The second kappa shape index (κ2) is 11.7. The molecule has 0 radical (unpaired) electrons. The highest BCUT2D eigenvalue weighted by molar-refractivity contribution is 6.09. The minimum absolute atomic E-state index is 0.855. The van der Waals surface area contributed by atoms with Crippen LogP contribution in [-0.4, -0.2) is 14.5 Å². The van der Waals surface area contributed by atoms with E-state index in [0.717, 1.165) is 49.9 Å². The Morgan fingerprint density at radius 2 is 0.774 bits per heavy atom. The number of benzene rings is 9. The maximum absolute atomic E-state index is 5.23. The van der Waals surface area contributed by atoms with Crippen molar-refractivity contribution in [3.8, 4) is 39.1 Å². The van der Waals surface area contributed by atoms with Crippen molar-refractivity contribution in [2.75, 3.05) is 0 Å². The van der Waals surface area contributed by atoms with Crippen LogP contribution in [0.4, 0.5) is 0 Å². The first kappa shape index (κ1) is 29.6. The molecular weight excluding hydrogens is 643 g/mol. The van der Waals surface area contributed by atoms with Crippen molar-refractivity contribution >= 4 is 65.4 Å². The summed E-state index contributed by atoms with van der Waals surface area (Å²) in [6.07, 6.45) is 0. The Morgan fingerprint density at radius 1 is 0.321 bits per heavy atom. The number of rotatable bonds is 4. The molecule has 53 heavy (non-hydrogen) atoms. The summed E-state index contributed by atoms with van der Waals surface area (Å²) in [6.45, 7) is 0. The zero-order valence-electron chi connectivity index (χ0n) is 28.7. The molecule has 3 heteroatoms. The maximum Gasteiger partial charge on any atom is 0.165 e. The number of para-hydroxylation sites is 2. The summed E-state index contributed by atoms with van der Waals surface area (Å²) in [7, 11) is 0. The fraction of sp³-hybridized carbons (Fsp3) is 0. The van der Waals surface area contributed by atoms with E-state index < -0.39 is 0 Å². The second-order valence-electron chi connectivity index (χ2n) is 13.9. The largest absolute Gasteiger partial charge is 0.292 e. The third kappa shape index (κ3) is 4.97. The number of nitrogens with zero attached hydrogens (tertiary/aromatic N) is 3. The molecule has 9 aromatic carbocycles. The van der Waals surface area contributed by atoms with E-state index >= 15 is 0 Å². The number of fused-ring (bicyclic) bond motifs is 7. The van der Waals surface area contributed by atoms with E-state index in [2.05, 4.69) is 168 Å². The highest BCUT2D eigenvalue weighted by Gasteiger charge is 2.18. The van der Waals surface area contributed by atoms with Gasteiger partial charge in [0, 0.05) is 11.1 Å². The molecule has 11 aromatic rings. The normalized spacial score (nSPS) is 11.8. The predicted molar refractivity (Wildman–Crippen MR) is 223 cm³/mol. The molecule has 2 heterocycles. The van der Waals surface area contributed by atoms with Crippen molar-refractivity contribution in [1.82, 2.24) is 14.5 Å².